The SMILES string of the molecule is C[C@@H]1[C@@H]2[C@@H](O)[C@@H]([C@H](C)C(=O)NCc3ccccc3Cl)CC[C@]2(C)CC[C@@H]1NC(=O)c1ccncc1. The van der Waals surface area contributed by atoms with Crippen LogP contribution >= 0.6 is 11.6 Å². The normalized spacial score (nSPS) is 31.2. The van der Waals surface area contributed by atoms with Gasteiger partial charge in [0.15, 0.2) is 0 Å². The number of nitrogens with zero attached hydrogens (tertiary/aromatic N) is 1. The third kappa shape index (κ3) is 5.39. The van der Waals surface area contributed by atoms with Crippen LogP contribution < -0.4 is 10.6 Å². The number of hydrogen-bond donors (Lipinski definition) is 3. The Morgan fingerprint density at radius 1 is 1.17 bits per heavy atom. The maximum atomic E-state index is 13.0. The van der Waals surface area contributed by atoms with Crippen LogP contribution in [0.3, 0.4) is 0 Å². The fourth-order valence-corrected chi connectivity index (χ4v) is 6.63. The highest BCUT2D eigenvalue weighted by molar-refractivity contribution is 6.31. The quantitative estimate of drug-likeness (QED) is 0.543. The standard InChI is InChI=1S/C28H36ClN3O3/c1-17(26(34)31-16-20-6-4-5-7-22(20)29)21-8-12-28(3)13-9-23(18(2)24(28)25(21)33)32-27(35)19-10-14-30-15-11-19/h4-7,10-11,14-15,17-18,21,23-25,33H,8-9,12-13,16H2,1-3H3,(H,31,34)(H,32,35)/t17-,18-,21+,23-,24+,25-,28+/m0/s1. The molecule has 0 bridgehead atoms. The number of aromatic nitrogens is 1. The summed E-state index contributed by atoms with van der Waals surface area (Å²) in [5, 5.41) is 18.4. The van der Waals surface area contributed by atoms with Crippen molar-refractivity contribution in [1.82, 2.24) is 15.6 Å². The van der Waals surface area contributed by atoms with Crippen molar-refractivity contribution < 1.29 is 14.7 Å². The molecule has 1 aromatic heterocycles. The summed E-state index contributed by atoms with van der Waals surface area (Å²) in [6.07, 6.45) is 6.24. The summed E-state index contributed by atoms with van der Waals surface area (Å²) in [5.74, 6) is -0.523. The van der Waals surface area contributed by atoms with Gasteiger partial charge in [0.05, 0.1) is 6.10 Å². The number of aliphatic hydroxyl groups excluding tert-OH is 1. The molecule has 0 spiro atoms. The van der Waals surface area contributed by atoms with Gasteiger partial charge in [-0.15, -0.1) is 0 Å². The number of halogens is 1. The summed E-state index contributed by atoms with van der Waals surface area (Å²) < 4.78 is 0. The van der Waals surface area contributed by atoms with Gasteiger partial charge < -0.3 is 15.7 Å². The van der Waals surface area contributed by atoms with Gasteiger partial charge in [-0.05, 0) is 72.6 Å². The van der Waals surface area contributed by atoms with Crippen molar-refractivity contribution in [2.45, 2.75) is 65.1 Å². The number of nitrogens with one attached hydrogen (secondary N) is 2. The zero-order valence-corrected chi connectivity index (χ0v) is 21.5. The zero-order chi connectivity index (χ0) is 25.2. The van der Waals surface area contributed by atoms with Crippen LogP contribution in [0.25, 0.3) is 0 Å². The van der Waals surface area contributed by atoms with Gasteiger partial charge >= 0.3 is 0 Å². The molecule has 6 nitrogen and oxygen atoms in total. The van der Waals surface area contributed by atoms with Crippen LogP contribution in [-0.2, 0) is 11.3 Å². The van der Waals surface area contributed by atoms with E-state index in [-0.39, 0.29) is 46.9 Å². The van der Waals surface area contributed by atoms with Gasteiger partial charge in [0.1, 0.15) is 0 Å². The number of hydrogen-bond acceptors (Lipinski definition) is 4. The van der Waals surface area contributed by atoms with E-state index in [4.69, 9.17) is 11.6 Å². The molecule has 2 saturated carbocycles. The van der Waals surface area contributed by atoms with E-state index in [0.717, 1.165) is 31.2 Å². The number of amides is 2. The first-order valence-electron chi connectivity index (χ1n) is 12.6. The van der Waals surface area contributed by atoms with Gasteiger partial charge in [-0.1, -0.05) is 50.6 Å². The van der Waals surface area contributed by atoms with Crippen LogP contribution in [0.15, 0.2) is 48.8 Å². The van der Waals surface area contributed by atoms with Gasteiger partial charge in [0.2, 0.25) is 5.91 Å². The van der Waals surface area contributed by atoms with E-state index in [2.05, 4.69) is 29.5 Å². The number of fused-ring (bicyclic) bond motifs is 1. The number of pyridine rings is 1. The second-order valence-electron chi connectivity index (χ2n) is 10.7. The summed E-state index contributed by atoms with van der Waals surface area (Å²) in [6.45, 7) is 6.67. The molecular formula is C28H36ClN3O3. The molecule has 0 aliphatic heterocycles. The molecule has 1 heterocycles. The Hall–Kier alpha value is -2.44. The van der Waals surface area contributed by atoms with E-state index >= 15 is 0 Å². The Labute approximate surface area is 212 Å². The minimum atomic E-state index is -0.606. The predicted molar refractivity (Wildman–Crippen MR) is 137 cm³/mol. The molecule has 0 radical (unpaired) electrons. The molecule has 2 fully saturated rings. The molecular weight excluding hydrogens is 462 g/mol. The minimum absolute atomic E-state index is 0.000980. The second kappa shape index (κ2) is 10.7. The Morgan fingerprint density at radius 2 is 1.86 bits per heavy atom. The van der Waals surface area contributed by atoms with Crippen LogP contribution in [0.5, 0.6) is 0 Å². The molecule has 188 valence electrons. The largest absolute Gasteiger partial charge is 0.392 e. The van der Waals surface area contributed by atoms with Gasteiger partial charge in [0, 0.05) is 41.5 Å². The van der Waals surface area contributed by atoms with E-state index in [1.807, 2.05) is 31.2 Å². The van der Waals surface area contributed by atoms with E-state index in [9.17, 15) is 14.7 Å². The first-order chi connectivity index (χ1) is 16.7. The smallest absolute Gasteiger partial charge is 0.251 e. The number of rotatable bonds is 6. The van der Waals surface area contributed by atoms with Crippen molar-refractivity contribution in [2.75, 3.05) is 0 Å². The molecule has 7 atom stereocenters. The molecule has 2 aromatic rings. The van der Waals surface area contributed by atoms with E-state index in [0.29, 0.717) is 17.1 Å². The second-order valence-corrected chi connectivity index (χ2v) is 11.1. The predicted octanol–water partition coefficient (Wildman–Crippen LogP) is 4.61. The molecule has 2 amide bonds. The molecule has 2 aliphatic rings. The number of carbonyl (C=O) groups excluding carboxylic acids is 2. The van der Waals surface area contributed by atoms with Gasteiger partial charge in [-0.25, -0.2) is 0 Å². The molecule has 0 unspecified atom stereocenters. The maximum absolute atomic E-state index is 13.0. The Kier molecular flexibility index (Phi) is 7.82. The Bertz CT molecular complexity index is 1050. The maximum Gasteiger partial charge on any atom is 0.251 e. The lowest BCUT2D eigenvalue weighted by Gasteiger charge is -2.56. The number of benzene rings is 1. The summed E-state index contributed by atoms with van der Waals surface area (Å²) >= 11 is 6.23. The van der Waals surface area contributed by atoms with Crippen molar-refractivity contribution in [3.63, 3.8) is 0 Å². The lowest BCUT2D eigenvalue weighted by molar-refractivity contribution is -0.142. The van der Waals surface area contributed by atoms with E-state index in [1.165, 1.54) is 0 Å². The first-order valence-corrected chi connectivity index (χ1v) is 13.0. The third-order valence-electron chi connectivity index (χ3n) is 8.61. The fraction of sp³-hybridized carbons (Fsp3) is 0.536. The summed E-state index contributed by atoms with van der Waals surface area (Å²) in [6, 6.07) is 10.9. The van der Waals surface area contributed by atoms with Crippen molar-refractivity contribution in [1.29, 1.82) is 0 Å². The molecule has 4 rings (SSSR count). The van der Waals surface area contributed by atoms with E-state index < -0.39 is 6.10 Å². The van der Waals surface area contributed by atoms with Gasteiger partial charge in [0.25, 0.3) is 5.91 Å². The van der Waals surface area contributed by atoms with Gasteiger partial charge in [-0.2, -0.15) is 0 Å². The van der Waals surface area contributed by atoms with Crippen LogP contribution in [0.2, 0.25) is 5.02 Å². The summed E-state index contributed by atoms with van der Waals surface area (Å²) in [5.41, 5.74) is 1.47. The minimum Gasteiger partial charge on any atom is -0.392 e. The highest BCUT2D eigenvalue weighted by Crippen LogP contribution is 2.55. The Balaban J connectivity index is 1.43. The van der Waals surface area contributed by atoms with Crippen molar-refractivity contribution >= 4 is 23.4 Å². The average Bonchev–Trinajstić information content (AvgIpc) is 2.85. The van der Waals surface area contributed by atoms with Crippen LogP contribution in [0, 0.1) is 29.1 Å². The summed E-state index contributed by atoms with van der Waals surface area (Å²) in [4.78, 5) is 29.8. The molecule has 2 aliphatic carbocycles. The van der Waals surface area contributed by atoms with Crippen molar-refractivity contribution in [3.8, 4) is 0 Å². The molecule has 0 saturated heterocycles. The topological polar surface area (TPSA) is 91.3 Å². The van der Waals surface area contributed by atoms with Crippen molar-refractivity contribution in [3.05, 3.63) is 64.9 Å². The van der Waals surface area contributed by atoms with Crippen LogP contribution in [0.1, 0.15) is 62.4 Å². The molecule has 1 aromatic carbocycles. The van der Waals surface area contributed by atoms with Crippen LogP contribution in [-0.4, -0.2) is 34.1 Å². The molecule has 7 heteroatoms. The number of carbonyl (C=O) groups is 2. The number of aliphatic hydroxyl groups is 1. The van der Waals surface area contributed by atoms with Gasteiger partial charge in [-0.3, -0.25) is 14.6 Å². The van der Waals surface area contributed by atoms with Crippen molar-refractivity contribution in [2.24, 2.45) is 29.1 Å². The lowest BCUT2D eigenvalue weighted by Crippen LogP contribution is -2.58. The zero-order valence-electron chi connectivity index (χ0n) is 20.7. The first kappa shape index (κ1) is 25.6. The Morgan fingerprint density at radius 3 is 2.57 bits per heavy atom. The highest BCUT2D eigenvalue weighted by Gasteiger charge is 2.53. The average molecular weight is 498 g/mol. The third-order valence-corrected chi connectivity index (χ3v) is 8.98. The summed E-state index contributed by atoms with van der Waals surface area (Å²) in [7, 11) is 0. The monoisotopic (exact) mass is 497 g/mol. The lowest BCUT2D eigenvalue weighted by atomic mass is 9.51. The van der Waals surface area contributed by atoms with Crippen LogP contribution in [0.4, 0.5) is 0 Å². The molecule has 35 heavy (non-hydrogen) atoms. The molecule has 3 N–H and O–H groups in total. The van der Waals surface area contributed by atoms with E-state index in [1.54, 1.807) is 24.5 Å². The fourth-order valence-electron chi connectivity index (χ4n) is 6.43. The highest BCUT2D eigenvalue weighted by atomic mass is 35.5.